The molecule has 0 aliphatic rings. The number of benzene rings is 2. The van der Waals surface area contributed by atoms with E-state index in [0.29, 0.717) is 29.9 Å². The second-order valence-corrected chi connectivity index (χ2v) is 8.42. The maximum Gasteiger partial charge on any atom is 0.573 e. The first-order chi connectivity index (χ1) is 18.2. The fourth-order valence-electron chi connectivity index (χ4n) is 3.89. The molecule has 0 spiro atoms. The molecule has 194 valence electrons. The number of anilines is 1. The highest BCUT2D eigenvalue weighted by Crippen LogP contribution is 2.26. The SMILES string of the molecule is O=c1ccccn1Cc1ccc(Cn2cc3c(NCc4cc(OC(F)(F)F)ccc4F)ncnc3n2)cc1. The summed E-state index contributed by atoms with van der Waals surface area (Å²) in [5.74, 6) is -0.849. The third-order valence-electron chi connectivity index (χ3n) is 5.68. The lowest BCUT2D eigenvalue weighted by atomic mass is 10.1. The monoisotopic (exact) mass is 524 g/mol. The minimum atomic E-state index is -4.88. The summed E-state index contributed by atoms with van der Waals surface area (Å²) in [4.78, 5) is 20.3. The fraction of sp³-hybridized carbons (Fsp3) is 0.154. The lowest BCUT2D eigenvalue weighted by molar-refractivity contribution is -0.274. The van der Waals surface area contributed by atoms with E-state index in [1.54, 1.807) is 33.8 Å². The first kappa shape index (κ1) is 24.9. The van der Waals surface area contributed by atoms with Crippen molar-refractivity contribution >= 4 is 16.9 Å². The number of hydrogen-bond acceptors (Lipinski definition) is 6. The van der Waals surface area contributed by atoms with Gasteiger partial charge in [0.15, 0.2) is 5.65 Å². The number of nitrogens with one attached hydrogen (secondary N) is 1. The molecule has 3 aromatic heterocycles. The van der Waals surface area contributed by atoms with E-state index in [4.69, 9.17) is 0 Å². The van der Waals surface area contributed by atoms with Gasteiger partial charge in [-0.05, 0) is 35.4 Å². The molecular formula is C26H20F4N6O2. The Balaban J connectivity index is 1.29. The quantitative estimate of drug-likeness (QED) is 0.295. The van der Waals surface area contributed by atoms with Crippen molar-refractivity contribution in [1.82, 2.24) is 24.3 Å². The summed E-state index contributed by atoms with van der Waals surface area (Å²) in [5, 5.41) is 7.96. The molecule has 5 aromatic rings. The smallest absolute Gasteiger partial charge is 0.406 e. The molecule has 0 radical (unpaired) electrons. The summed E-state index contributed by atoms with van der Waals surface area (Å²) in [6, 6.07) is 15.6. The van der Waals surface area contributed by atoms with Crippen molar-refractivity contribution < 1.29 is 22.3 Å². The van der Waals surface area contributed by atoms with Gasteiger partial charge in [-0.2, -0.15) is 5.10 Å². The van der Waals surface area contributed by atoms with Gasteiger partial charge in [0.1, 0.15) is 23.7 Å². The minimum absolute atomic E-state index is 0.0243. The second-order valence-electron chi connectivity index (χ2n) is 8.42. The Morgan fingerprint density at radius 3 is 2.45 bits per heavy atom. The van der Waals surface area contributed by atoms with Crippen LogP contribution >= 0.6 is 0 Å². The second kappa shape index (κ2) is 10.3. The molecule has 3 heterocycles. The average Bonchev–Trinajstić information content (AvgIpc) is 3.29. The van der Waals surface area contributed by atoms with E-state index >= 15 is 0 Å². The van der Waals surface area contributed by atoms with E-state index < -0.39 is 17.9 Å². The predicted molar refractivity (Wildman–Crippen MR) is 131 cm³/mol. The van der Waals surface area contributed by atoms with Crippen LogP contribution in [-0.4, -0.2) is 30.7 Å². The largest absolute Gasteiger partial charge is 0.573 e. The molecule has 0 atom stereocenters. The first-order valence-electron chi connectivity index (χ1n) is 11.4. The molecular weight excluding hydrogens is 504 g/mol. The van der Waals surface area contributed by atoms with Crippen LogP contribution in [0.3, 0.4) is 0 Å². The molecule has 0 saturated heterocycles. The molecule has 8 nitrogen and oxygen atoms in total. The Hall–Kier alpha value is -4.74. The van der Waals surface area contributed by atoms with Crippen LogP contribution in [0.15, 0.2) is 84.2 Å². The maximum atomic E-state index is 14.2. The minimum Gasteiger partial charge on any atom is -0.406 e. The number of hydrogen-bond donors (Lipinski definition) is 1. The van der Waals surface area contributed by atoms with E-state index in [1.807, 2.05) is 24.3 Å². The van der Waals surface area contributed by atoms with Crippen LogP contribution in [0.2, 0.25) is 0 Å². The highest BCUT2D eigenvalue weighted by Gasteiger charge is 2.31. The van der Waals surface area contributed by atoms with Crippen LogP contribution in [-0.2, 0) is 19.6 Å². The van der Waals surface area contributed by atoms with Crippen LogP contribution in [0.4, 0.5) is 23.4 Å². The molecule has 0 aliphatic heterocycles. The number of aromatic nitrogens is 5. The summed E-state index contributed by atoms with van der Waals surface area (Å²) in [6.07, 6.45) is -0.117. The van der Waals surface area contributed by atoms with Gasteiger partial charge < -0.3 is 14.6 Å². The van der Waals surface area contributed by atoms with Gasteiger partial charge in [-0.15, -0.1) is 13.2 Å². The van der Waals surface area contributed by atoms with Gasteiger partial charge in [0.25, 0.3) is 5.56 Å². The molecule has 0 unspecified atom stereocenters. The predicted octanol–water partition coefficient (Wildman–Crippen LogP) is 4.73. The fourth-order valence-corrected chi connectivity index (χ4v) is 3.89. The molecule has 2 aromatic carbocycles. The van der Waals surface area contributed by atoms with Crippen molar-refractivity contribution in [3.63, 3.8) is 0 Å². The van der Waals surface area contributed by atoms with Gasteiger partial charge in [-0.3, -0.25) is 9.48 Å². The Labute approximate surface area is 213 Å². The molecule has 0 saturated carbocycles. The van der Waals surface area contributed by atoms with Gasteiger partial charge in [-0.25, -0.2) is 14.4 Å². The maximum absolute atomic E-state index is 14.2. The zero-order valence-corrected chi connectivity index (χ0v) is 19.7. The Morgan fingerprint density at radius 1 is 0.947 bits per heavy atom. The average molecular weight is 524 g/mol. The van der Waals surface area contributed by atoms with Crippen molar-refractivity contribution in [3.05, 3.63) is 112 Å². The van der Waals surface area contributed by atoms with E-state index in [1.165, 1.54) is 12.4 Å². The molecule has 0 amide bonds. The van der Waals surface area contributed by atoms with E-state index in [-0.39, 0.29) is 17.7 Å². The summed E-state index contributed by atoms with van der Waals surface area (Å²) >= 11 is 0. The molecule has 38 heavy (non-hydrogen) atoms. The van der Waals surface area contributed by atoms with E-state index in [9.17, 15) is 22.4 Å². The highest BCUT2D eigenvalue weighted by molar-refractivity contribution is 5.85. The number of fused-ring (bicyclic) bond motifs is 1. The van der Waals surface area contributed by atoms with Crippen molar-refractivity contribution in [3.8, 4) is 5.75 Å². The van der Waals surface area contributed by atoms with Crippen LogP contribution in [0, 0.1) is 5.82 Å². The Kier molecular flexibility index (Phi) is 6.77. The lowest BCUT2D eigenvalue weighted by Crippen LogP contribution is -2.18. The van der Waals surface area contributed by atoms with Crippen molar-refractivity contribution in [2.45, 2.75) is 26.0 Å². The zero-order valence-electron chi connectivity index (χ0n) is 19.7. The van der Waals surface area contributed by atoms with Crippen LogP contribution < -0.4 is 15.6 Å². The highest BCUT2D eigenvalue weighted by atomic mass is 19.4. The first-order valence-corrected chi connectivity index (χ1v) is 11.4. The summed E-state index contributed by atoms with van der Waals surface area (Å²) in [5.41, 5.74) is 2.24. The zero-order chi connectivity index (χ0) is 26.7. The standard InChI is InChI=1S/C26H20F4N6O2/c27-22-9-8-20(38-26(28,29)30)11-19(22)12-31-24-21-15-36(34-25(21)33-16-32-24)14-18-6-4-17(5-7-18)13-35-10-2-1-3-23(35)37/h1-11,15-16H,12-14H2,(H,31,32,33,34). The van der Waals surface area contributed by atoms with Gasteiger partial charge in [-0.1, -0.05) is 30.3 Å². The normalized spacial score (nSPS) is 11.6. The molecule has 5 rings (SSSR count). The van der Waals surface area contributed by atoms with Crippen molar-refractivity contribution in [2.24, 2.45) is 0 Å². The molecule has 0 fully saturated rings. The van der Waals surface area contributed by atoms with E-state index in [0.717, 1.165) is 29.3 Å². The third-order valence-corrected chi connectivity index (χ3v) is 5.68. The number of rotatable bonds is 8. The van der Waals surface area contributed by atoms with Gasteiger partial charge in [0, 0.05) is 30.6 Å². The lowest BCUT2D eigenvalue weighted by Gasteiger charge is -2.11. The van der Waals surface area contributed by atoms with Gasteiger partial charge in [0.05, 0.1) is 18.5 Å². The molecule has 0 bridgehead atoms. The number of ether oxygens (including phenoxy) is 1. The van der Waals surface area contributed by atoms with Crippen molar-refractivity contribution in [2.75, 3.05) is 5.32 Å². The summed E-state index contributed by atoms with van der Waals surface area (Å²) < 4.78 is 58.9. The molecule has 12 heteroatoms. The number of pyridine rings is 1. The van der Waals surface area contributed by atoms with E-state index in [2.05, 4.69) is 25.1 Å². The van der Waals surface area contributed by atoms with Crippen LogP contribution in [0.25, 0.3) is 11.0 Å². The third kappa shape index (κ3) is 5.97. The number of nitrogens with zero attached hydrogens (tertiary/aromatic N) is 5. The number of alkyl halides is 3. The Bertz CT molecular complexity index is 1630. The van der Waals surface area contributed by atoms with Crippen LogP contribution in [0.5, 0.6) is 5.75 Å². The number of halogens is 4. The summed E-state index contributed by atoms with van der Waals surface area (Å²) in [7, 11) is 0. The van der Waals surface area contributed by atoms with Gasteiger partial charge in [0.2, 0.25) is 0 Å². The molecule has 1 N–H and O–H groups in total. The van der Waals surface area contributed by atoms with Crippen LogP contribution in [0.1, 0.15) is 16.7 Å². The Morgan fingerprint density at radius 2 is 1.71 bits per heavy atom. The van der Waals surface area contributed by atoms with Gasteiger partial charge >= 0.3 is 6.36 Å². The molecule has 0 aliphatic carbocycles. The topological polar surface area (TPSA) is 86.9 Å². The summed E-state index contributed by atoms with van der Waals surface area (Å²) in [6.45, 7) is 0.763. The van der Waals surface area contributed by atoms with Crippen molar-refractivity contribution in [1.29, 1.82) is 0 Å².